The molecule has 2 aromatic carbocycles. The number of hydrogen-bond acceptors (Lipinski definition) is 4. The monoisotopic (exact) mass is 379 g/mol. The molecule has 2 rings (SSSR count). The van der Waals surface area contributed by atoms with Gasteiger partial charge in [-0.1, -0.05) is 18.2 Å². The highest BCUT2D eigenvalue weighted by Gasteiger charge is 2.28. The van der Waals surface area contributed by atoms with E-state index >= 15 is 0 Å². The van der Waals surface area contributed by atoms with Crippen LogP contribution in [0.2, 0.25) is 0 Å². The molecule has 0 saturated carbocycles. The van der Waals surface area contributed by atoms with E-state index in [0.29, 0.717) is 6.07 Å². The third-order valence-corrected chi connectivity index (χ3v) is 3.79. The zero-order chi connectivity index (χ0) is 20.1. The molecule has 0 aliphatic rings. The topological polar surface area (TPSA) is 113 Å². The first kappa shape index (κ1) is 19.8. The van der Waals surface area contributed by atoms with Gasteiger partial charge in [0.05, 0.1) is 17.2 Å². The highest BCUT2D eigenvalue weighted by molar-refractivity contribution is 5.92. The number of nitrogens with one attached hydrogen (secondary N) is 1. The van der Waals surface area contributed by atoms with Crippen molar-refractivity contribution in [3.63, 3.8) is 0 Å². The highest BCUT2D eigenvalue weighted by atomic mass is 19.1. The van der Waals surface area contributed by atoms with E-state index in [9.17, 15) is 33.6 Å². The predicted octanol–water partition coefficient (Wildman–Crippen LogP) is 3.38. The number of nitro groups is 1. The minimum Gasteiger partial charge on any atom is -0.480 e. The van der Waals surface area contributed by atoms with Crippen LogP contribution in [-0.4, -0.2) is 33.0 Å². The fourth-order valence-electron chi connectivity index (χ4n) is 2.30. The van der Waals surface area contributed by atoms with Crippen LogP contribution in [0, 0.1) is 21.7 Å². The lowest BCUT2D eigenvalue weighted by atomic mass is 10.1. The van der Waals surface area contributed by atoms with Gasteiger partial charge < -0.3 is 15.3 Å². The summed E-state index contributed by atoms with van der Waals surface area (Å²) >= 11 is 0. The summed E-state index contributed by atoms with van der Waals surface area (Å²) in [5.41, 5.74) is -0.544. The van der Waals surface area contributed by atoms with Crippen LogP contribution < -0.4 is 5.32 Å². The van der Waals surface area contributed by atoms with Gasteiger partial charge in [0, 0.05) is 17.7 Å². The maximum Gasteiger partial charge on any atom is 0.326 e. The molecule has 142 valence electrons. The number of aliphatic carboxylic acids is 1. The Morgan fingerprint density at radius 3 is 2.52 bits per heavy atom. The normalized spacial score (nSPS) is 11.5. The lowest BCUT2D eigenvalue weighted by Crippen LogP contribution is -2.45. The number of benzene rings is 2. The van der Waals surface area contributed by atoms with Gasteiger partial charge in [0.2, 0.25) is 0 Å². The zero-order valence-corrected chi connectivity index (χ0v) is 14.1. The number of carboxylic acids is 1. The first-order chi connectivity index (χ1) is 12.7. The summed E-state index contributed by atoms with van der Waals surface area (Å²) in [6, 6.07) is 5.62. The van der Waals surface area contributed by atoms with Gasteiger partial charge in [0.25, 0.3) is 5.69 Å². The Balaban J connectivity index is 2.33. The molecule has 10 heteroatoms. The SMILES string of the molecule is C[C@@H](C(=O)O)N(Cc1ccccc1[N+](=O)[O-])C(=O)Nc1ccc(F)cc1F. The van der Waals surface area contributed by atoms with Crippen LogP contribution in [0.4, 0.5) is 25.0 Å². The summed E-state index contributed by atoms with van der Waals surface area (Å²) in [6.45, 7) is 0.803. The van der Waals surface area contributed by atoms with Crippen molar-refractivity contribution in [3.8, 4) is 0 Å². The van der Waals surface area contributed by atoms with E-state index in [2.05, 4.69) is 5.32 Å². The highest BCUT2D eigenvalue weighted by Crippen LogP contribution is 2.22. The lowest BCUT2D eigenvalue weighted by Gasteiger charge is -2.26. The molecule has 1 atom stereocenters. The molecular weight excluding hydrogens is 364 g/mol. The second-order valence-corrected chi connectivity index (χ2v) is 5.58. The van der Waals surface area contributed by atoms with Crippen molar-refractivity contribution in [1.29, 1.82) is 0 Å². The molecule has 27 heavy (non-hydrogen) atoms. The van der Waals surface area contributed by atoms with E-state index < -0.39 is 41.1 Å². The van der Waals surface area contributed by atoms with Gasteiger partial charge in [-0.25, -0.2) is 18.4 Å². The molecule has 0 spiro atoms. The Hall–Kier alpha value is -3.56. The number of rotatable bonds is 6. The number of carboxylic acid groups (broad SMARTS) is 1. The Labute approximate surface area is 152 Å². The average Bonchev–Trinajstić information content (AvgIpc) is 2.61. The average molecular weight is 379 g/mol. The smallest absolute Gasteiger partial charge is 0.326 e. The van der Waals surface area contributed by atoms with E-state index in [-0.39, 0.29) is 16.9 Å². The Morgan fingerprint density at radius 2 is 1.93 bits per heavy atom. The lowest BCUT2D eigenvalue weighted by molar-refractivity contribution is -0.385. The van der Waals surface area contributed by atoms with Gasteiger partial charge in [-0.3, -0.25) is 10.1 Å². The Bertz CT molecular complexity index is 891. The molecule has 8 nitrogen and oxygen atoms in total. The fourth-order valence-corrected chi connectivity index (χ4v) is 2.30. The van der Waals surface area contributed by atoms with Gasteiger partial charge in [-0.05, 0) is 19.1 Å². The molecule has 2 aromatic rings. The molecule has 0 unspecified atom stereocenters. The van der Waals surface area contributed by atoms with Crippen LogP contribution in [0.15, 0.2) is 42.5 Å². The van der Waals surface area contributed by atoms with Crippen molar-refractivity contribution in [2.24, 2.45) is 0 Å². The molecule has 0 radical (unpaired) electrons. The summed E-state index contributed by atoms with van der Waals surface area (Å²) in [6.07, 6.45) is 0. The molecule has 2 amide bonds. The molecule has 0 saturated heterocycles. The number of carbonyl (C=O) groups excluding carboxylic acids is 1. The molecule has 0 bridgehead atoms. The van der Waals surface area contributed by atoms with Crippen LogP contribution in [0.3, 0.4) is 0 Å². The standard InChI is InChI=1S/C17H15F2N3O5/c1-10(16(23)24)21(9-11-4-2-3-5-15(11)22(26)27)17(25)20-14-7-6-12(18)8-13(14)19/h2-8,10H,9H2,1H3,(H,20,25)(H,23,24)/t10-/m0/s1. The van der Waals surface area contributed by atoms with Gasteiger partial charge in [0.1, 0.15) is 17.7 Å². The van der Waals surface area contributed by atoms with Gasteiger partial charge in [-0.15, -0.1) is 0 Å². The largest absolute Gasteiger partial charge is 0.480 e. The van der Waals surface area contributed by atoms with Crippen molar-refractivity contribution in [2.45, 2.75) is 19.5 Å². The van der Waals surface area contributed by atoms with Gasteiger partial charge >= 0.3 is 12.0 Å². The number of urea groups is 1. The minimum absolute atomic E-state index is 0.102. The summed E-state index contributed by atoms with van der Waals surface area (Å²) in [5.74, 6) is -3.25. The van der Waals surface area contributed by atoms with E-state index in [1.54, 1.807) is 0 Å². The van der Waals surface area contributed by atoms with Crippen molar-refractivity contribution < 1.29 is 28.4 Å². The molecule has 0 aliphatic carbocycles. The van der Waals surface area contributed by atoms with Crippen molar-refractivity contribution in [2.75, 3.05) is 5.32 Å². The third-order valence-electron chi connectivity index (χ3n) is 3.79. The third kappa shape index (κ3) is 4.75. The van der Waals surface area contributed by atoms with Crippen LogP contribution in [0.25, 0.3) is 0 Å². The summed E-state index contributed by atoms with van der Waals surface area (Å²) in [5, 5.41) is 22.5. The number of nitro benzene ring substituents is 1. The number of nitrogens with zero attached hydrogens (tertiary/aromatic N) is 2. The predicted molar refractivity (Wildman–Crippen MR) is 91.1 cm³/mol. The molecule has 0 aliphatic heterocycles. The van der Waals surface area contributed by atoms with Gasteiger partial charge in [0.15, 0.2) is 0 Å². The number of para-hydroxylation sites is 1. The number of hydrogen-bond donors (Lipinski definition) is 2. The number of carbonyl (C=O) groups is 2. The molecule has 0 fully saturated rings. The van der Waals surface area contributed by atoms with Gasteiger partial charge in [-0.2, -0.15) is 0 Å². The van der Waals surface area contributed by atoms with E-state index in [4.69, 9.17) is 0 Å². The van der Waals surface area contributed by atoms with Crippen LogP contribution in [0.5, 0.6) is 0 Å². The van der Waals surface area contributed by atoms with Crippen molar-refractivity contribution in [3.05, 3.63) is 69.8 Å². The second-order valence-electron chi connectivity index (χ2n) is 5.58. The zero-order valence-electron chi connectivity index (χ0n) is 14.1. The van der Waals surface area contributed by atoms with Crippen LogP contribution in [-0.2, 0) is 11.3 Å². The second kappa shape index (κ2) is 8.21. The summed E-state index contributed by atoms with van der Waals surface area (Å²) in [4.78, 5) is 35.1. The fraction of sp³-hybridized carbons (Fsp3) is 0.176. The summed E-state index contributed by atoms with van der Waals surface area (Å²) in [7, 11) is 0. The molecule has 0 heterocycles. The first-order valence-corrected chi connectivity index (χ1v) is 7.68. The van der Waals surface area contributed by atoms with E-state index in [1.807, 2.05) is 0 Å². The van der Waals surface area contributed by atoms with Crippen molar-refractivity contribution >= 4 is 23.4 Å². The Morgan fingerprint density at radius 1 is 1.26 bits per heavy atom. The minimum atomic E-state index is -1.37. The van der Waals surface area contributed by atoms with Crippen molar-refractivity contribution in [1.82, 2.24) is 4.90 Å². The molecule has 2 N–H and O–H groups in total. The Kier molecular flexibility index (Phi) is 6.01. The number of amides is 2. The first-order valence-electron chi connectivity index (χ1n) is 7.68. The molecular formula is C17H15F2N3O5. The van der Waals surface area contributed by atoms with Crippen LogP contribution in [0.1, 0.15) is 12.5 Å². The number of halogens is 2. The van der Waals surface area contributed by atoms with E-state index in [0.717, 1.165) is 17.0 Å². The maximum atomic E-state index is 13.8. The number of anilines is 1. The van der Waals surface area contributed by atoms with Crippen LogP contribution >= 0.6 is 0 Å². The summed E-state index contributed by atoms with van der Waals surface area (Å²) < 4.78 is 26.7. The quantitative estimate of drug-likeness (QED) is 0.590. The van der Waals surface area contributed by atoms with E-state index in [1.165, 1.54) is 31.2 Å². The maximum absolute atomic E-state index is 13.8. The molecule has 0 aromatic heterocycles.